The maximum absolute atomic E-state index is 11.7. The lowest BCUT2D eigenvalue weighted by atomic mass is 10.2. The van der Waals surface area contributed by atoms with E-state index in [1.807, 2.05) is 0 Å². The molecular weight excluding hydrogens is 310 g/mol. The van der Waals surface area contributed by atoms with Crippen molar-refractivity contribution in [1.82, 2.24) is 15.8 Å². The standard InChI is InChI=1S/C14H20ClN3O4/c1-9(17-13(20)22-14(2,3)4)8-21-18-12(19)11-7-10(15)5-6-16-11/h5-7,9H,8H2,1-4H3,(H,17,20)(H,18,19)/t9-/m0/s1. The smallest absolute Gasteiger partial charge is 0.407 e. The summed E-state index contributed by atoms with van der Waals surface area (Å²) in [4.78, 5) is 32.1. The van der Waals surface area contributed by atoms with Gasteiger partial charge in [-0.05, 0) is 39.8 Å². The average Bonchev–Trinajstić information content (AvgIpc) is 2.36. The zero-order chi connectivity index (χ0) is 16.8. The number of alkyl carbamates (subject to hydrolysis) is 1. The third kappa shape index (κ3) is 7.24. The molecule has 0 saturated carbocycles. The molecule has 0 aliphatic rings. The molecule has 8 heteroatoms. The highest BCUT2D eigenvalue weighted by Gasteiger charge is 2.18. The third-order valence-electron chi connectivity index (χ3n) is 2.22. The molecule has 22 heavy (non-hydrogen) atoms. The SMILES string of the molecule is C[C@@H](CONC(=O)c1cc(Cl)ccn1)NC(=O)OC(C)(C)C. The van der Waals surface area contributed by atoms with E-state index in [9.17, 15) is 9.59 Å². The van der Waals surface area contributed by atoms with E-state index in [1.165, 1.54) is 12.3 Å². The molecule has 1 aromatic heterocycles. The molecule has 1 rings (SSSR count). The van der Waals surface area contributed by atoms with Crippen LogP contribution in [0, 0.1) is 0 Å². The molecule has 0 unspecified atom stereocenters. The van der Waals surface area contributed by atoms with Crippen LogP contribution >= 0.6 is 11.6 Å². The Bertz CT molecular complexity index is 531. The van der Waals surface area contributed by atoms with Gasteiger partial charge in [0.15, 0.2) is 0 Å². The maximum atomic E-state index is 11.7. The van der Waals surface area contributed by atoms with E-state index >= 15 is 0 Å². The topological polar surface area (TPSA) is 89.5 Å². The number of hydroxylamine groups is 1. The Morgan fingerprint density at radius 2 is 2.09 bits per heavy atom. The van der Waals surface area contributed by atoms with Crippen molar-refractivity contribution in [2.24, 2.45) is 0 Å². The van der Waals surface area contributed by atoms with Gasteiger partial charge in [0.1, 0.15) is 11.3 Å². The predicted octanol–water partition coefficient (Wildman–Crippen LogP) is 2.31. The summed E-state index contributed by atoms with van der Waals surface area (Å²) in [5, 5.41) is 2.99. The van der Waals surface area contributed by atoms with E-state index in [4.69, 9.17) is 21.2 Å². The van der Waals surface area contributed by atoms with E-state index in [0.717, 1.165) is 0 Å². The molecule has 7 nitrogen and oxygen atoms in total. The summed E-state index contributed by atoms with van der Waals surface area (Å²) in [5.41, 5.74) is 1.79. The van der Waals surface area contributed by atoms with E-state index in [0.29, 0.717) is 5.02 Å². The largest absolute Gasteiger partial charge is 0.444 e. The van der Waals surface area contributed by atoms with Crippen molar-refractivity contribution >= 4 is 23.6 Å². The molecule has 0 radical (unpaired) electrons. The minimum atomic E-state index is -0.572. The van der Waals surface area contributed by atoms with Crippen LogP contribution in [0.4, 0.5) is 4.79 Å². The fourth-order valence-corrected chi connectivity index (χ4v) is 1.52. The van der Waals surface area contributed by atoms with Crippen molar-refractivity contribution in [3.63, 3.8) is 0 Å². The number of nitrogens with zero attached hydrogens (tertiary/aromatic N) is 1. The first-order valence-corrected chi connectivity index (χ1v) is 7.08. The molecular formula is C14H20ClN3O4. The van der Waals surface area contributed by atoms with Crippen LogP contribution in [0.3, 0.4) is 0 Å². The zero-order valence-electron chi connectivity index (χ0n) is 13.0. The fraction of sp³-hybridized carbons (Fsp3) is 0.500. The van der Waals surface area contributed by atoms with Gasteiger partial charge in [-0.3, -0.25) is 14.6 Å². The maximum Gasteiger partial charge on any atom is 0.407 e. The van der Waals surface area contributed by atoms with Crippen molar-refractivity contribution in [2.45, 2.75) is 39.3 Å². The van der Waals surface area contributed by atoms with E-state index in [-0.39, 0.29) is 18.3 Å². The highest BCUT2D eigenvalue weighted by atomic mass is 35.5. The molecule has 1 aromatic rings. The Kier molecular flexibility index (Phi) is 6.58. The van der Waals surface area contributed by atoms with Crippen LogP contribution in [0.1, 0.15) is 38.2 Å². The van der Waals surface area contributed by atoms with Crippen LogP contribution in [-0.2, 0) is 9.57 Å². The summed E-state index contributed by atoms with van der Waals surface area (Å²) in [6, 6.07) is 2.64. The van der Waals surface area contributed by atoms with Gasteiger partial charge in [0.2, 0.25) is 0 Å². The van der Waals surface area contributed by atoms with Crippen LogP contribution in [0.5, 0.6) is 0 Å². The summed E-state index contributed by atoms with van der Waals surface area (Å²) in [7, 11) is 0. The van der Waals surface area contributed by atoms with Crippen molar-refractivity contribution in [1.29, 1.82) is 0 Å². The molecule has 0 aromatic carbocycles. The molecule has 0 saturated heterocycles. The fourth-order valence-electron chi connectivity index (χ4n) is 1.36. The first-order valence-electron chi connectivity index (χ1n) is 6.70. The normalized spacial score (nSPS) is 12.4. The minimum absolute atomic E-state index is 0.0749. The Hall–Kier alpha value is -1.86. The molecule has 2 amide bonds. The second-order valence-electron chi connectivity index (χ2n) is 5.65. The summed E-state index contributed by atoms with van der Waals surface area (Å²) >= 11 is 5.76. The number of aromatic nitrogens is 1. The first-order chi connectivity index (χ1) is 10.2. The Labute approximate surface area is 134 Å². The van der Waals surface area contributed by atoms with Crippen molar-refractivity contribution in [2.75, 3.05) is 6.61 Å². The second-order valence-corrected chi connectivity index (χ2v) is 6.09. The number of amides is 2. The molecule has 0 fully saturated rings. The van der Waals surface area contributed by atoms with Crippen LogP contribution in [0.2, 0.25) is 5.02 Å². The first kappa shape index (κ1) is 18.2. The van der Waals surface area contributed by atoms with E-state index in [2.05, 4.69) is 15.8 Å². The third-order valence-corrected chi connectivity index (χ3v) is 2.45. The van der Waals surface area contributed by atoms with Gasteiger partial charge < -0.3 is 10.1 Å². The molecule has 1 heterocycles. The number of carbonyl (C=O) groups excluding carboxylic acids is 2. The summed E-state index contributed by atoms with van der Waals surface area (Å²) in [5.74, 6) is -0.521. The van der Waals surface area contributed by atoms with E-state index in [1.54, 1.807) is 33.8 Å². The molecule has 1 atom stereocenters. The highest BCUT2D eigenvalue weighted by Crippen LogP contribution is 2.08. The number of hydrogen-bond donors (Lipinski definition) is 2. The van der Waals surface area contributed by atoms with Crippen LogP contribution < -0.4 is 10.8 Å². The zero-order valence-corrected chi connectivity index (χ0v) is 13.7. The van der Waals surface area contributed by atoms with Crippen LogP contribution in [0.25, 0.3) is 0 Å². The number of halogens is 1. The Balaban J connectivity index is 2.31. The van der Waals surface area contributed by atoms with Gasteiger partial charge in [-0.15, -0.1) is 0 Å². The van der Waals surface area contributed by atoms with E-state index < -0.39 is 17.6 Å². The number of hydrogen-bond acceptors (Lipinski definition) is 5. The number of nitrogens with one attached hydrogen (secondary N) is 2. The number of carbonyl (C=O) groups is 2. The predicted molar refractivity (Wildman–Crippen MR) is 81.5 cm³/mol. The van der Waals surface area contributed by atoms with Gasteiger partial charge in [-0.1, -0.05) is 11.6 Å². The van der Waals surface area contributed by atoms with Gasteiger partial charge >= 0.3 is 6.09 Å². The van der Waals surface area contributed by atoms with Gasteiger partial charge in [0, 0.05) is 11.2 Å². The Morgan fingerprint density at radius 1 is 1.41 bits per heavy atom. The van der Waals surface area contributed by atoms with Crippen LogP contribution in [-0.4, -0.2) is 35.2 Å². The lowest BCUT2D eigenvalue weighted by Gasteiger charge is -2.21. The number of ether oxygens (including phenoxy) is 1. The molecule has 0 spiro atoms. The lowest BCUT2D eigenvalue weighted by molar-refractivity contribution is 0.0187. The summed E-state index contributed by atoms with van der Waals surface area (Å²) in [6.45, 7) is 7.10. The van der Waals surface area contributed by atoms with Gasteiger partial charge in [0.05, 0.1) is 12.6 Å². The molecule has 0 aliphatic heterocycles. The second kappa shape index (κ2) is 7.95. The monoisotopic (exact) mass is 329 g/mol. The minimum Gasteiger partial charge on any atom is -0.444 e. The number of rotatable bonds is 5. The Morgan fingerprint density at radius 3 is 2.68 bits per heavy atom. The average molecular weight is 330 g/mol. The van der Waals surface area contributed by atoms with Crippen molar-refractivity contribution in [3.8, 4) is 0 Å². The van der Waals surface area contributed by atoms with Crippen molar-refractivity contribution in [3.05, 3.63) is 29.0 Å². The number of pyridine rings is 1. The molecule has 0 bridgehead atoms. The summed E-state index contributed by atoms with van der Waals surface area (Å²) < 4.78 is 5.10. The van der Waals surface area contributed by atoms with Gasteiger partial charge in [-0.25, -0.2) is 10.3 Å². The molecule has 2 N–H and O–H groups in total. The van der Waals surface area contributed by atoms with Gasteiger partial charge in [0.25, 0.3) is 5.91 Å². The highest BCUT2D eigenvalue weighted by molar-refractivity contribution is 6.30. The summed E-state index contributed by atoms with van der Waals surface area (Å²) in [6.07, 6.45) is 0.871. The molecule has 0 aliphatic carbocycles. The molecule has 122 valence electrons. The lowest BCUT2D eigenvalue weighted by Crippen LogP contribution is -2.41. The van der Waals surface area contributed by atoms with Crippen LogP contribution in [0.15, 0.2) is 18.3 Å². The quantitative estimate of drug-likeness (QED) is 0.809. The van der Waals surface area contributed by atoms with Gasteiger partial charge in [-0.2, -0.15) is 0 Å². The van der Waals surface area contributed by atoms with Crippen molar-refractivity contribution < 1.29 is 19.2 Å².